The highest BCUT2D eigenvalue weighted by Gasteiger charge is 2.27. The van der Waals surface area contributed by atoms with Crippen LogP contribution in [-0.4, -0.2) is 47.8 Å². The van der Waals surface area contributed by atoms with E-state index in [1.165, 1.54) is 19.4 Å². The van der Waals surface area contributed by atoms with Crippen molar-refractivity contribution in [2.45, 2.75) is 51.6 Å². The molecule has 2 aliphatic rings. The van der Waals surface area contributed by atoms with E-state index in [1.54, 1.807) is 14.0 Å². The van der Waals surface area contributed by atoms with Crippen molar-refractivity contribution >= 4 is 33.4 Å². The van der Waals surface area contributed by atoms with E-state index >= 15 is 0 Å². The zero-order valence-electron chi connectivity index (χ0n) is 18.0. The van der Waals surface area contributed by atoms with Gasteiger partial charge in [0.15, 0.2) is 11.6 Å². The standard InChI is InChI=1S/C25H28N2O3/c1-15(28)19-13-20-22(14-24(19)30-3)27(12-10-16-5-4-11-26(16)2)21-8-6-17-18(25(20)21)7-9-23(17)29/h6,8,13-14,16H,4-5,7,9-12H2,1-3H3/t16-/m1/s1. The minimum Gasteiger partial charge on any atom is -0.496 e. The maximum Gasteiger partial charge on any atom is 0.163 e. The Balaban J connectivity index is 1.74. The van der Waals surface area contributed by atoms with Crippen LogP contribution in [0, 0.1) is 0 Å². The summed E-state index contributed by atoms with van der Waals surface area (Å²) in [6.45, 7) is 3.65. The second kappa shape index (κ2) is 7.24. The molecule has 5 heteroatoms. The molecule has 1 atom stereocenters. The van der Waals surface area contributed by atoms with Gasteiger partial charge in [-0.25, -0.2) is 0 Å². The molecule has 3 aromatic rings. The summed E-state index contributed by atoms with van der Waals surface area (Å²) in [5.74, 6) is 0.830. The van der Waals surface area contributed by atoms with Crippen molar-refractivity contribution in [2.75, 3.05) is 20.7 Å². The summed E-state index contributed by atoms with van der Waals surface area (Å²) >= 11 is 0. The summed E-state index contributed by atoms with van der Waals surface area (Å²) < 4.78 is 7.94. The zero-order valence-corrected chi connectivity index (χ0v) is 18.0. The first-order chi connectivity index (χ1) is 14.5. The molecule has 1 aliphatic heterocycles. The molecule has 0 bridgehead atoms. The Morgan fingerprint density at radius 2 is 2.03 bits per heavy atom. The number of carbonyl (C=O) groups excluding carboxylic acids is 2. The number of Topliss-reactive ketones (excluding diaryl/α,β-unsaturated/α-hetero) is 2. The van der Waals surface area contributed by atoms with Crippen LogP contribution >= 0.6 is 0 Å². The van der Waals surface area contributed by atoms with Gasteiger partial charge in [0.05, 0.1) is 18.2 Å². The molecule has 2 aromatic carbocycles. The lowest BCUT2D eigenvalue weighted by Crippen LogP contribution is -2.26. The third kappa shape index (κ3) is 2.87. The summed E-state index contributed by atoms with van der Waals surface area (Å²) in [6, 6.07) is 8.67. The molecule has 1 fully saturated rings. The third-order valence-corrected chi connectivity index (χ3v) is 7.10. The molecule has 5 rings (SSSR count). The van der Waals surface area contributed by atoms with Gasteiger partial charge in [-0.2, -0.15) is 0 Å². The number of methoxy groups -OCH3 is 1. The van der Waals surface area contributed by atoms with E-state index in [2.05, 4.69) is 22.6 Å². The lowest BCUT2D eigenvalue weighted by Gasteiger charge is -2.20. The van der Waals surface area contributed by atoms with E-state index in [1.807, 2.05) is 18.2 Å². The first kappa shape index (κ1) is 19.3. The van der Waals surface area contributed by atoms with Crippen LogP contribution in [0.25, 0.3) is 21.8 Å². The summed E-state index contributed by atoms with van der Waals surface area (Å²) in [5, 5.41) is 2.20. The Hall–Kier alpha value is -2.66. The third-order valence-electron chi connectivity index (χ3n) is 7.10. The quantitative estimate of drug-likeness (QED) is 0.583. The van der Waals surface area contributed by atoms with Gasteiger partial charge in [-0.1, -0.05) is 0 Å². The molecular formula is C25H28N2O3. The number of fused-ring (bicyclic) bond motifs is 5. The SMILES string of the molecule is COc1cc2c(cc1C(C)=O)c1c3c(ccc1n2CC[C@H]1CCCN1C)C(=O)CC3. The van der Waals surface area contributed by atoms with E-state index in [0.29, 0.717) is 23.8 Å². The van der Waals surface area contributed by atoms with Crippen molar-refractivity contribution in [2.24, 2.45) is 0 Å². The molecule has 0 N–H and O–H groups in total. The van der Waals surface area contributed by atoms with Gasteiger partial charge in [-0.15, -0.1) is 0 Å². The molecule has 2 heterocycles. The van der Waals surface area contributed by atoms with E-state index in [9.17, 15) is 9.59 Å². The molecular weight excluding hydrogens is 376 g/mol. The van der Waals surface area contributed by atoms with Crippen molar-refractivity contribution in [1.29, 1.82) is 0 Å². The van der Waals surface area contributed by atoms with Gasteiger partial charge in [0.2, 0.25) is 0 Å². The van der Waals surface area contributed by atoms with Crippen LogP contribution in [0.4, 0.5) is 0 Å². The van der Waals surface area contributed by atoms with Crippen molar-refractivity contribution in [3.05, 3.63) is 41.0 Å². The molecule has 5 nitrogen and oxygen atoms in total. The number of carbonyl (C=O) groups is 2. The van der Waals surface area contributed by atoms with Gasteiger partial charge in [0.1, 0.15) is 5.75 Å². The van der Waals surface area contributed by atoms with Gasteiger partial charge in [0, 0.05) is 46.9 Å². The van der Waals surface area contributed by atoms with Crippen LogP contribution < -0.4 is 4.74 Å². The first-order valence-corrected chi connectivity index (χ1v) is 10.9. The highest BCUT2D eigenvalue weighted by Crippen LogP contribution is 2.40. The summed E-state index contributed by atoms with van der Waals surface area (Å²) in [5.41, 5.74) is 4.82. The largest absolute Gasteiger partial charge is 0.496 e. The summed E-state index contributed by atoms with van der Waals surface area (Å²) in [6.07, 6.45) is 4.94. The van der Waals surface area contributed by atoms with Crippen LogP contribution in [0.1, 0.15) is 58.9 Å². The van der Waals surface area contributed by atoms with E-state index in [0.717, 1.165) is 52.3 Å². The number of ketones is 2. The number of nitrogens with zero attached hydrogens (tertiary/aromatic N) is 2. The van der Waals surface area contributed by atoms with Crippen molar-refractivity contribution in [1.82, 2.24) is 9.47 Å². The Bertz CT molecular complexity index is 1190. The number of rotatable bonds is 5. The minimum atomic E-state index is -0.00844. The molecule has 0 radical (unpaired) electrons. The number of aryl methyl sites for hydroxylation is 2. The number of ether oxygens (including phenoxy) is 1. The zero-order chi connectivity index (χ0) is 21.0. The maximum atomic E-state index is 12.4. The molecule has 0 saturated carbocycles. The molecule has 30 heavy (non-hydrogen) atoms. The molecule has 1 aliphatic carbocycles. The normalized spacial score (nSPS) is 19.2. The molecule has 156 valence electrons. The van der Waals surface area contributed by atoms with Crippen LogP contribution in [-0.2, 0) is 13.0 Å². The van der Waals surface area contributed by atoms with E-state index in [-0.39, 0.29) is 11.6 Å². The van der Waals surface area contributed by atoms with Crippen molar-refractivity contribution < 1.29 is 14.3 Å². The number of likely N-dealkylation sites (tertiary alicyclic amines) is 1. The van der Waals surface area contributed by atoms with Crippen molar-refractivity contribution in [3.8, 4) is 5.75 Å². The smallest absolute Gasteiger partial charge is 0.163 e. The predicted octanol–water partition coefficient (Wildman–Crippen LogP) is 4.62. The van der Waals surface area contributed by atoms with Crippen LogP contribution in [0.15, 0.2) is 24.3 Å². The average molecular weight is 405 g/mol. The minimum absolute atomic E-state index is 0.00844. The van der Waals surface area contributed by atoms with Gasteiger partial charge in [0.25, 0.3) is 0 Å². The Kier molecular flexibility index (Phi) is 4.66. The lowest BCUT2D eigenvalue weighted by molar-refractivity contribution is 0.0991. The summed E-state index contributed by atoms with van der Waals surface area (Å²) in [4.78, 5) is 27.1. The number of aromatic nitrogens is 1. The van der Waals surface area contributed by atoms with Crippen LogP contribution in [0.5, 0.6) is 5.75 Å². The molecule has 1 saturated heterocycles. The summed E-state index contributed by atoms with van der Waals surface area (Å²) in [7, 11) is 3.83. The monoisotopic (exact) mass is 404 g/mol. The number of benzene rings is 2. The lowest BCUT2D eigenvalue weighted by atomic mass is 10.0. The van der Waals surface area contributed by atoms with Gasteiger partial charge >= 0.3 is 0 Å². The molecule has 0 amide bonds. The topological polar surface area (TPSA) is 51.5 Å². The van der Waals surface area contributed by atoms with Gasteiger partial charge in [-0.3, -0.25) is 9.59 Å². The Labute approximate surface area is 176 Å². The first-order valence-electron chi connectivity index (χ1n) is 10.9. The number of hydrogen-bond acceptors (Lipinski definition) is 4. The van der Waals surface area contributed by atoms with Crippen LogP contribution in [0.2, 0.25) is 0 Å². The van der Waals surface area contributed by atoms with Crippen molar-refractivity contribution in [3.63, 3.8) is 0 Å². The Morgan fingerprint density at radius 3 is 2.73 bits per heavy atom. The maximum absolute atomic E-state index is 12.4. The van der Waals surface area contributed by atoms with E-state index < -0.39 is 0 Å². The highest BCUT2D eigenvalue weighted by molar-refractivity contribution is 6.17. The fraction of sp³-hybridized carbons (Fsp3) is 0.440. The fourth-order valence-corrected chi connectivity index (χ4v) is 5.48. The molecule has 0 spiro atoms. The van der Waals surface area contributed by atoms with E-state index in [4.69, 9.17) is 4.74 Å². The second-order valence-corrected chi connectivity index (χ2v) is 8.75. The second-order valence-electron chi connectivity index (χ2n) is 8.75. The van der Waals surface area contributed by atoms with Crippen LogP contribution in [0.3, 0.4) is 0 Å². The molecule has 1 aromatic heterocycles. The van der Waals surface area contributed by atoms with Gasteiger partial charge in [-0.05, 0) is 70.0 Å². The molecule has 0 unspecified atom stereocenters. The highest BCUT2D eigenvalue weighted by atomic mass is 16.5. The Morgan fingerprint density at radius 1 is 1.20 bits per heavy atom. The van der Waals surface area contributed by atoms with Gasteiger partial charge < -0.3 is 14.2 Å². The predicted molar refractivity (Wildman–Crippen MR) is 119 cm³/mol. The average Bonchev–Trinajstić information content (AvgIpc) is 3.40. The fourth-order valence-electron chi connectivity index (χ4n) is 5.48. The number of hydrogen-bond donors (Lipinski definition) is 0.